The van der Waals surface area contributed by atoms with Gasteiger partial charge in [0.2, 0.25) is 10.0 Å². The van der Waals surface area contributed by atoms with Crippen molar-refractivity contribution in [3.05, 3.63) is 28.5 Å². The van der Waals surface area contributed by atoms with Crippen LogP contribution in [0.3, 0.4) is 0 Å². The number of aromatic carboxylic acids is 1. The smallest absolute Gasteiger partial charge is 0.347 e. The molecule has 96 valence electrons. The number of carboxylic acids is 1. The summed E-state index contributed by atoms with van der Waals surface area (Å²) in [7, 11) is -3.88. The molecule has 2 aromatic rings. The van der Waals surface area contributed by atoms with Crippen LogP contribution >= 0.6 is 11.3 Å². The van der Waals surface area contributed by atoms with Crippen LogP contribution in [0.5, 0.6) is 0 Å². The second-order valence-electron chi connectivity index (χ2n) is 3.18. The van der Waals surface area contributed by atoms with Gasteiger partial charge >= 0.3 is 5.97 Å². The van der Waals surface area contributed by atoms with Gasteiger partial charge in [0, 0.05) is 0 Å². The molecule has 18 heavy (non-hydrogen) atoms. The third kappa shape index (κ3) is 2.55. The van der Waals surface area contributed by atoms with E-state index >= 15 is 0 Å². The lowest BCUT2D eigenvalue weighted by molar-refractivity contribution is 0.0698. The van der Waals surface area contributed by atoms with Crippen LogP contribution in [0.25, 0.3) is 0 Å². The largest absolute Gasteiger partial charge is 0.477 e. The normalized spacial score (nSPS) is 11.6. The van der Waals surface area contributed by atoms with E-state index in [0.29, 0.717) is 5.82 Å². The molecule has 0 atom stereocenters. The molecule has 0 amide bonds. The van der Waals surface area contributed by atoms with Crippen LogP contribution in [0.15, 0.2) is 22.7 Å². The molecule has 0 spiro atoms. The zero-order valence-corrected chi connectivity index (χ0v) is 10.5. The van der Waals surface area contributed by atoms with Gasteiger partial charge in [-0.05, 0) is 11.4 Å². The summed E-state index contributed by atoms with van der Waals surface area (Å²) in [5.74, 6) is -0.935. The second-order valence-corrected chi connectivity index (χ2v) is 5.83. The average molecular weight is 288 g/mol. The Bertz CT molecular complexity index is 646. The predicted molar refractivity (Wildman–Crippen MR) is 61.7 cm³/mol. The van der Waals surface area contributed by atoms with Gasteiger partial charge in [0.25, 0.3) is 0 Å². The third-order valence-electron chi connectivity index (χ3n) is 2.01. The van der Waals surface area contributed by atoms with Crippen LogP contribution in [0.4, 0.5) is 0 Å². The molecule has 0 radical (unpaired) electrons. The van der Waals surface area contributed by atoms with E-state index in [1.165, 1.54) is 17.8 Å². The molecule has 0 aromatic carbocycles. The first-order valence-corrected chi connectivity index (χ1v) is 7.01. The molecule has 10 heteroatoms. The Hall–Kier alpha value is -1.78. The molecule has 2 aromatic heterocycles. The highest BCUT2D eigenvalue weighted by Crippen LogP contribution is 2.21. The number of carboxylic acid groups (broad SMARTS) is 1. The van der Waals surface area contributed by atoms with E-state index in [0.717, 1.165) is 11.3 Å². The van der Waals surface area contributed by atoms with Crippen LogP contribution in [-0.2, 0) is 16.6 Å². The number of hydrogen-bond donors (Lipinski definition) is 3. The summed E-state index contributed by atoms with van der Waals surface area (Å²) in [6.45, 7) is -0.0861. The van der Waals surface area contributed by atoms with Crippen molar-refractivity contribution >= 4 is 27.3 Å². The molecule has 0 saturated heterocycles. The number of aromatic amines is 1. The number of H-pyrrole nitrogens is 1. The van der Waals surface area contributed by atoms with Crippen molar-refractivity contribution in [3.8, 4) is 0 Å². The maximum absolute atomic E-state index is 11.9. The molecule has 0 aliphatic heterocycles. The molecule has 8 nitrogen and oxygen atoms in total. The number of hydrogen-bond acceptors (Lipinski definition) is 6. The van der Waals surface area contributed by atoms with Crippen molar-refractivity contribution in [2.24, 2.45) is 0 Å². The maximum atomic E-state index is 11.9. The average Bonchev–Trinajstić information content (AvgIpc) is 2.98. The fourth-order valence-electron chi connectivity index (χ4n) is 1.22. The number of sulfonamides is 1. The van der Waals surface area contributed by atoms with Gasteiger partial charge in [-0.3, -0.25) is 5.10 Å². The molecule has 0 saturated carbocycles. The summed E-state index contributed by atoms with van der Waals surface area (Å²) in [5, 5.41) is 16.3. The van der Waals surface area contributed by atoms with Gasteiger partial charge in [-0.1, -0.05) is 0 Å². The van der Waals surface area contributed by atoms with Crippen LogP contribution < -0.4 is 4.72 Å². The minimum Gasteiger partial charge on any atom is -0.477 e. The Balaban J connectivity index is 2.20. The van der Waals surface area contributed by atoms with E-state index in [2.05, 4.69) is 19.9 Å². The highest BCUT2D eigenvalue weighted by molar-refractivity contribution is 7.89. The molecular weight excluding hydrogens is 280 g/mol. The van der Waals surface area contributed by atoms with Crippen molar-refractivity contribution in [2.45, 2.75) is 11.4 Å². The minimum atomic E-state index is -3.88. The monoisotopic (exact) mass is 288 g/mol. The minimum absolute atomic E-state index is 0.0861. The Labute approximate surface area is 106 Å². The molecule has 2 rings (SSSR count). The molecule has 0 unspecified atom stereocenters. The van der Waals surface area contributed by atoms with Crippen LogP contribution in [0.1, 0.15) is 15.5 Å². The number of nitrogens with zero attached hydrogens (tertiary/aromatic N) is 2. The second kappa shape index (κ2) is 4.84. The molecule has 0 aliphatic carbocycles. The Morgan fingerprint density at radius 3 is 2.94 bits per heavy atom. The number of carbonyl (C=O) groups is 1. The molecule has 0 fully saturated rings. The first-order valence-electron chi connectivity index (χ1n) is 4.65. The van der Waals surface area contributed by atoms with Crippen molar-refractivity contribution in [1.29, 1.82) is 0 Å². The molecule has 2 heterocycles. The topological polar surface area (TPSA) is 125 Å². The summed E-state index contributed by atoms with van der Waals surface area (Å²) < 4.78 is 26.0. The summed E-state index contributed by atoms with van der Waals surface area (Å²) in [6, 6.07) is 1.25. The van der Waals surface area contributed by atoms with E-state index in [9.17, 15) is 13.2 Å². The first kappa shape index (κ1) is 12.7. The van der Waals surface area contributed by atoms with E-state index in [1.54, 1.807) is 0 Å². The van der Waals surface area contributed by atoms with Gasteiger partial charge in [0.1, 0.15) is 21.9 Å². The Morgan fingerprint density at radius 2 is 2.33 bits per heavy atom. The van der Waals surface area contributed by atoms with Crippen molar-refractivity contribution < 1.29 is 18.3 Å². The standard InChI is InChI=1S/C8H8N4O4S2/c13-8(14)7-5(1-2-17-7)18(15,16)11-3-6-9-4-10-12-6/h1-2,4,11H,3H2,(H,13,14)(H,9,10,12). The van der Waals surface area contributed by atoms with Gasteiger partial charge < -0.3 is 5.11 Å². The highest BCUT2D eigenvalue weighted by atomic mass is 32.2. The van der Waals surface area contributed by atoms with Gasteiger partial charge in [-0.2, -0.15) is 5.10 Å². The quantitative estimate of drug-likeness (QED) is 0.713. The molecule has 0 bridgehead atoms. The highest BCUT2D eigenvalue weighted by Gasteiger charge is 2.23. The number of thiophene rings is 1. The molecule has 3 N–H and O–H groups in total. The van der Waals surface area contributed by atoms with E-state index in [1.807, 2.05) is 0 Å². The number of rotatable bonds is 5. The number of nitrogens with one attached hydrogen (secondary N) is 2. The SMILES string of the molecule is O=C(O)c1sccc1S(=O)(=O)NCc1ncn[nH]1. The maximum Gasteiger partial charge on any atom is 0.347 e. The van der Waals surface area contributed by atoms with Crippen LogP contribution in [0.2, 0.25) is 0 Å². The predicted octanol–water partition coefficient (Wildman–Crippen LogP) is 0.0429. The van der Waals surface area contributed by atoms with Gasteiger partial charge in [-0.15, -0.1) is 11.3 Å². The fourth-order valence-corrected chi connectivity index (χ4v) is 3.47. The fraction of sp³-hybridized carbons (Fsp3) is 0.125. The van der Waals surface area contributed by atoms with E-state index in [4.69, 9.17) is 5.11 Å². The molecule has 0 aliphatic rings. The first-order chi connectivity index (χ1) is 8.50. The lowest BCUT2D eigenvalue weighted by Crippen LogP contribution is -2.24. The zero-order chi connectivity index (χ0) is 13.2. The van der Waals surface area contributed by atoms with Crippen molar-refractivity contribution in [1.82, 2.24) is 19.9 Å². The lowest BCUT2D eigenvalue weighted by Gasteiger charge is -2.04. The summed E-state index contributed by atoms with van der Waals surface area (Å²) in [4.78, 5) is 14.1. The Morgan fingerprint density at radius 1 is 1.56 bits per heavy atom. The van der Waals surface area contributed by atoms with Crippen LogP contribution in [0, 0.1) is 0 Å². The van der Waals surface area contributed by atoms with E-state index < -0.39 is 16.0 Å². The summed E-state index contributed by atoms with van der Waals surface area (Å²) in [6.07, 6.45) is 1.25. The van der Waals surface area contributed by atoms with Crippen molar-refractivity contribution in [2.75, 3.05) is 0 Å². The van der Waals surface area contributed by atoms with E-state index in [-0.39, 0.29) is 16.3 Å². The number of aromatic nitrogens is 3. The molecular formula is C8H8N4O4S2. The zero-order valence-electron chi connectivity index (χ0n) is 8.82. The van der Waals surface area contributed by atoms with Gasteiger partial charge in [0.15, 0.2) is 0 Å². The van der Waals surface area contributed by atoms with Gasteiger partial charge in [-0.25, -0.2) is 22.9 Å². The lowest BCUT2D eigenvalue weighted by atomic mass is 10.5. The van der Waals surface area contributed by atoms with Gasteiger partial charge in [0.05, 0.1) is 6.54 Å². The van der Waals surface area contributed by atoms with Crippen LogP contribution in [-0.4, -0.2) is 34.7 Å². The van der Waals surface area contributed by atoms with Crippen molar-refractivity contribution in [3.63, 3.8) is 0 Å². The summed E-state index contributed by atoms with van der Waals surface area (Å²) in [5.41, 5.74) is 0. The third-order valence-corrected chi connectivity index (χ3v) is 4.48. The summed E-state index contributed by atoms with van der Waals surface area (Å²) >= 11 is 0.853. The Kier molecular flexibility index (Phi) is 3.41.